The first-order valence-electron chi connectivity index (χ1n) is 7.42. The molecule has 1 amide bonds. The maximum atomic E-state index is 11.9. The van der Waals surface area contributed by atoms with E-state index in [0.717, 1.165) is 4.83 Å². The van der Waals surface area contributed by atoms with Gasteiger partial charge in [0.05, 0.1) is 19.9 Å². The third-order valence-corrected chi connectivity index (χ3v) is 5.31. The quantitative estimate of drug-likeness (QED) is 0.628. The van der Waals surface area contributed by atoms with Crippen molar-refractivity contribution in [3.63, 3.8) is 0 Å². The van der Waals surface area contributed by atoms with Crippen molar-refractivity contribution in [3.8, 4) is 5.75 Å². The van der Waals surface area contributed by atoms with E-state index < -0.39 is 16.3 Å². The Balaban J connectivity index is 1.49. The first-order valence-corrected chi connectivity index (χ1v) is 9.78. The van der Waals surface area contributed by atoms with Gasteiger partial charge in [0, 0.05) is 11.1 Å². The van der Waals surface area contributed by atoms with Gasteiger partial charge in [0.1, 0.15) is 23.5 Å². The number of nitrogens with one attached hydrogen (secondary N) is 2. The Kier molecular flexibility index (Phi) is 5.40. The summed E-state index contributed by atoms with van der Waals surface area (Å²) in [5.41, 5.74) is 1.41. The highest BCUT2D eigenvalue weighted by Gasteiger charge is 2.16. The molecule has 0 atom stereocenters. The van der Waals surface area contributed by atoms with Crippen molar-refractivity contribution in [3.05, 3.63) is 53.4 Å². The van der Waals surface area contributed by atoms with Gasteiger partial charge in [-0.25, -0.2) is 14.5 Å². The van der Waals surface area contributed by atoms with Crippen LogP contribution in [-0.4, -0.2) is 31.0 Å². The highest BCUT2D eigenvalue weighted by atomic mass is 32.2. The van der Waals surface area contributed by atoms with Crippen molar-refractivity contribution in [1.82, 2.24) is 18.8 Å². The molecule has 0 fully saturated rings. The van der Waals surface area contributed by atoms with Crippen molar-refractivity contribution in [2.75, 3.05) is 7.11 Å². The van der Waals surface area contributed by atoms with Crippen LogP contribution in [0.2, 0.25) is 0 Å². The van der Waals surface area contributed by atoms with Gasteiger partial charge in [-0.3, -0.25) is 4.40 Å². The van der Waals surface area contributed by atoms with Crippen LogP contribution in [0.1, 0.15) is 11.3 Å². The second-order valence-electron chi connectivity index (χ2n) is 5.18. The second kappa shape index (κ2) is 7.72. The molecule has 0 aliphatic carbocycles. The van der Waals surface area contributed by atoms with Crippen LogP contribution in [0.15, 0.2) is 42.2 Å². The predicted octanol–water partition coefficient (Wildman–Crippen LogP) is 1.67. The van der Waals surface area contributed by atoms with Gasteiger partial charge in [0.2, 0.25) is 0 Å². The number of rotatable bonds is 7. The number of nitrogens with zero attached hydrogens (tertiary/aromatic N) is 2. The van der Waals surface area contributed by atoms with Crippen LogP contribution in [0.5, 0.6) is 5.75 Å². The van der Waals surface area contributed by atoms with Gasteiger partial charge >= 0.3 is 16.3 Å². The zero-order valence-electron chi connectivity index (χ0n) is 13.7. The zero-order valence-corrected chi connectivity index (χ0v) is 15.3. The number of benzene rings is 1. The van der Waals surface area contributed by atoms with E-state index in [0.29, 0.717) is 17.0 Å². The average molecular weight is 396 g/mol. The highest BCUT2D eigenvalue weighted by Crippen LogP contribution is 2.15. The summed E-state index contributed by atoms with van der Waals surface area (Å²) in [6.45, 7) is -0.0526. The van der Waals surface area contributed by atoms with Crippen LogP contribution < -0.4 is 14.2 Å². The molecule has 0 aliphatic heterocycles. The molecule has 0 bridgehead atoms. The zero-order chi connectivity index (χ0) is 18.6. The fourth-order valence-corrected chi connectivity index (χ4v) is 3.65. The third-order valence-electron chi connectivity index (χ3n) is 3.42. The second-order valence-corrected chi connectivity index (χ2v) is 7.57. The first-order chi connectivity index (χ1) is 12.5. The number of amides is 1. The summed E-state index contributed by atoms with van der Waals surface area (Å²) in [6.07, 6.45) is 2.20. The molecule has 0 saturated heterocycles. The van der Waals surface area contributed by atoms with Gasteiger partial charge in [0.25, 0.3) is 0 Å². The summed E-state index contributed by atoms with van der Waals surface area (Å²) >= 11 is 1.44. The van der Waals surface area contributed by atoms with Crippen LogP contribution in [-0.2, 0) is 28.1 Å². The molecule has 2 aromatic heterocycles. The number of methoxy groups -OCH3 is 1. The van der Waals surface area contributed by atoms with E-state index in [-0.39, 0.29) is 13.2 Å². The Labute approximate surface area is 153 Å². The molecular formula is C15H16N4O5S2. The van der Waals surface area contributed by atoms with Gasteiger partial charge in [-0.15, -0.1) is 11.3 Å². The summed E-state index contributed by atoms with van der Waals surface area (Å²) in [5.74, 6) is 0.672. The van der Waals surface area contributed by atoms with Crippen LogP contribution in [0.3, 0.4) is 0 Å². The molecule has 0 radical (unpaired) electrons. The Hall–Kier alpha value is -2.63. The van der Waals surface area contributed by atoms with Crippen LogP contribution in [0.25, 0.3) is 4.83 Å². The van der Waals surface area contributed by atoms with E-state index in [1.54, 1.807) is 48.3 Å². The minimum Gasteiger partial charge on any atom is -0.497 e. The van der Waals surface area contributed by atoms with Crippen molar-refractivity contribution in [2.24, 2.45) is 0 Å². The molecule has 2 N–H and O–H groups in total. The molecule has 0 unspecified atom stereocenters. The van der Waals surface area contributed by atoms with E-state index in [4.69, 9.17) is 9.47 Å². The maximum Gasteiger partial charge on any atom is 0.422 e. The molecule has 0 spiro atoms. The fraction of sp³-hybridized carbons (Fsp3) is 0.200. The lowest BCUT2D eigenvalue weighted by atomic mass is 10.2. The van der Waals surface area contributed by atoms with Crippen LogP contribution in [0, 0.1) is 0 Å². The van der Waals surface area contributed by atoms with Crippen LogP contribution >= 0.6 is 11.3 Å². The number of aromatic nitrogens is 2. The van der Waals surface area contributed by atoms with Gasteiger partial charge in [-0.1, -0.05) is 12.1 Å². The lowest BCUT2D eigenvalue weighted by Gasteiger charge is -2.09. The van der Waals surface area contributed by atoms with Gasteiger partial charge < -0.3 is 9.47 Å². The van der Waals surface area contributed by atoms with E-state index in [2.05, 4.69) is 9.71 Å². The molecule has 0 saturated carbocycles. The molecular weight excluding hydrogens is 380 g/mol. The minimum absolute atomic E-state index is 0.0114. The molecule has 26 heavy (non-hydrogen) atoms. The van der Waals surface area contributed by atoms with Gasteiger partial charge in [0.15, 0.2) is 0 Å². The summed E-state index contributed by atoms with van der Waals surface area (Å²) in [7, 11) is -2.50. The standard InChI is InChI=1S/C15H16N4O5S2/c1-23-13-4-2-11(3-5-13)8-24-15(20)18-26(21,22)17-6-12-9-25-14-7-16-10-19(12)14/h2-5,7,9-10,17H,6,8H2,1H3,(H,18,20). The smallest absolute Gasteiger partial charge is 0.422 e. The Bertz CT molecular complexity index is 995. The SMILES string of the molecule is COc1ccc(COC(=O)NS(=O)(=O)NCc2csc3cncn23)cc1. The van der Waals surface area contributed by atoms with Crippen molar-refractivity contribution in [2.45, 2.75) is 13.2 Å². The number of fused-ring (bicyclic) bond motifs is 1. The largest absolute Gasteiger partial charge is 0.497 e. The normalized spacial score (nSPS) is 11.4. The Morgan fingerprint density at radius 3 is 2.81 bits per heavy atom. The number of thiazole rings is 1. The first kappa shape index (κ1) is 18.2. The lowest BCUT2D eigenvalue weighted by molar-refractivity contribution is 0.146. The van der Waals surface area contributed by atoms with Crippen molar-refractivity contribution < 1.29 is 22.7 Å². The molecule has 138 valence electrons. The summed E-state index contributed by atoms with van der Waals surface area (Å²) in [5, 5.41) is 1.81. The fourth-order valence-electron chi connectivity index (χ4n) is 2.11. The van der Waals surface area contributed by atoms with E-state index in [9.17, 15) is 13.2 Å². The third kappa shape index (κ3) is 4.50. The summed E-state index contributed by atoms with van der Waals surface area (Å²) in [4.78, 5) is 16.6. The molecule has 0 aliphatic rings. The summed E-state index contributed by atoms with van der Waals surface area (Å²) in [6, 6.07) is 6.86. The number of hydrogen-bond donors (Lipinski definition) is 2. The Morgan fingerprint density at radius 2 is 2.08 bits per heavy atom. The molecule has 2 heterocycles. The van der Waals surface area contributed by atoms with E-state index in [1.807, 2.05) is 10.1 Å². The monoisotopic (exact) mass is 396 g/mol. The maximum absolute atomic E-state index is 11.9. The van der Waals surface area contributed by atoms with E-state index in [1.165, 1.54) is 11.3 Å². The number of carbonyl (C=O) groups is 1. The number of hydrogen-bond acceptors (Lipinski definition) is 7. The molecule has 3 aromatic rings. The molecule has 3 rings (SSSR count). The van der Waals surface area contributed by atoms with E-state index >= 15 is 0 Å². The van der Waals surface area contributed by atoms with Gasteiger partial charge in [-0.2, -0.15) is 13.1 Å². The topological polar surface area (TPSA) is 111 Å². The minimum atomic E-state index is -4.05. The van der Waals surface area contributed by atoms with Crippen LogP contribution in [0.4, 0.5) is 4.79 Å². The Morgan fingerprint density at radius 1 is 1.31 bits per heavy atom. The predicted molar refractivity (Wildman–Crippen MR) is 95.1 cm³/mol. The summed E-state index contributed by atoms with van der Waals surface area (Å²) < 4.78 is 39.7. The number of ether oxygens (including phenoxy) is 2. The molecule has 9 nitrogen and oxygen atoms in total. The van der Waals surface area contributed by atoms with Crippen molar-refractivity contribution in [1.29, 1.82) is 0 Å². The molecule has 1 aromatic carbocycles. The average Bonchev–Trinajstić information content (AvgIpc) is 3.22. The lowest BCUT2D eigenvalue weighted by Crippen LogP contribution is -2.40. The highest BCUT2D eigenvalue weighted by molar-refractivity contribution is 7.88. The number of carbonyl (C=O) groups excluding carboxylic acids is 1. The molecule has 11 heteroatoms. The van der Waals surface area contributed by atoms with Gasteiger partial charge in [-0.05, 0) is 17.7 Å². The van der Waals surface area contributed by atoms with Crippen molar-refractivity contribution >= 4 is 32.5 Å². The number of imidazole rings is 1.